The zero-order valence-electron chi connectivity index (χ0n) is 9.10. The van der Waals surface area contributed by atoms with E-state index in [1.165, 1.54) is 12.1 Å². The number of nitrogens with zero attached hydrogens (tertiary/aromatic N) is 1. The number of carboxylic acid groups (broad SMARTS) is 1. The zero-order valence-corrected chi connectivity index (χ0v) is 9.10. The van der Waals surface area contributed by atoms with Gasteiger partial charge in [0.05, 0.1) is 18.3 Å². The summed E-state index contributed by atoms with van der Waals surface area (Å²) in [4.78, 5) is 21.3. The van der Waals surface area contributed by atoms with Crippen molar-refractivity contribution >= 4 is 17.6 Å². The van der Waals surface area contributed by atoms with Gasteiger partial charge in [-0.25, -0.2) is 4.39 Å². The Kier molecular flexibility index (Phi) is 4.78. The quantitative estimate of drug-likeness (QED) is 0.752. The molecule has 0 saturated heterocycles. The predicted octanol–water partition coefficient (Wildman–Crippen LogP) is -0.598. The highest BCUT2D eigenvalue weighted by atomic mass is 19.1. The first kappa shape index (κ1) is 13.6. The van der Waals surface area contributed by atoms with E-state index in [2.05, 4.69) is 10.1 Å². The van der Waals surface area contributed by atoms with Gasteiger partial charge in [-0.15, -0.1) is 0 Å². The fourth-order valence-electron chi connectivity index (χ4n) is 1.16. The third-order valence-corrected chi connectivity index (χ3v) is 1.85. The van der Waals surface area contributed by atoms with Crippen LogP contribution in [0.3, 0.4) is 0 Å². The van der Waals surface area contributed by atoms with E-state index in [4.69, 9.17) is 5.26 Å². The third kappa shape index (κ3) is 3.84. The molecule has 1 aromatic carbocycles. The van der Waals surface area contributed by atoms with Crippen LogP contribution in [0.1, 0.15) is 5.56 Å². The highest BCUT2D eigenvalue weighted by Crippen LogP contribution is 2.17. The van der Waals surface area contributed by atoms with Crippen molar-refractivity contribution in [3.8, 4) is 6.07 Å². The molecule has 0 spiro atoms. The van der Waals surface area contributed by atoms with E-state index in [1.807, 2.05) is 0 Å². The van der Waals surface area contributed by atoms with Crippen molar-refractivity contribution < 1.29 is 23.8 Å². The highest BCUT2D eigenvalue weighted by molar-refractivity contribution is 5.93. The predicted molar refractivity (Wildman–Crippen MR) is 55.6 cm³/mol. The van der Waals surface area contributed by atoms with Crippen LogP contribution < -0.4 is 10.4 Å². The first-order chi connectivity index (χ1) is 8.54. The van der Waals surface area contributed by atoms with E-state index in [9.17, 15) is 19.1 Å². The Bertz CT molecular complexity index is 510. The molecule has 0 aromatic heterocycles. The molecule has 0 bridgehead atoms. The molecule has 0 atom stereocenters. The topological polar surface area (TPSA) is 102 Å². The van der Waals surface area contributed by atoms with Gasteiger partial charge in [-0.1, -0.05) is 6.07 Å². The molecule has 1 amide bonds. The summed E-state index contributed by atoms with van der Waals surface area (Å²) < 4.78 is 17.6. The molecule has 7 heteroatoms. The fraction of sp³-hybridized carbons (Fsp3) is 0.182. The van der Waals surface area contributed by atoms with E-state index in [0.29, 0.717) is 0 Å². The third-order valence-electron chi connectivity index (χ3n) is 1.85. The van der Waals surface area contributed by atoms with Crippen LogP contribution in [0.4, 0.5) is 10.1 Å². The van der Waals surface area contributed by atoms with Gasteiger partial charge in [0.1, 0.15) is 24.1 Å². The van der Waals surface area contributed by atoms with Gasteiger partial charge in [0, 0.05) is 0 Å². The Morgan fingerprint density at radius 3 is 2.78 bits per heavy atom. The number of rotatable bonds is 5. The molecular formula is C11H8FN2O4-. The van der Waals surface area contributed by atoms with Crippen LogP contribution in [0.2, 0.25) is 0 Å². The number of aliphatic carboxylic acids is 1. The Hall–Kier alpha value is -2.46. The largest absolute Gasteiger partial charge is 0.548 e. The normalized spacial score (nSPS) is 9.56. The van der Waals surface area contributed by atoms with E-state index in [1.54, 1.807) is 6.07 Å². The number of amides is 1. The zero-order chi connectivity index (χ0) is 13.5. The second-order valence-electron chi connectivity index (χ2n) is 3.19. The summed E-state index contributed by atoms with van der Waals surface area (Å²) in [6.45, 7) is -1.25. The number of halogens is 1. The standard InChI is InChI=1S/C11H9FN2O4/c12-8-2-1-3-9(7(8)4-13)14-10(15)5-18-6-11(16)17/h1-3H,5-6H2,(H,14,15)(H,16,17)/p-1. The van der Waals surface area contributed by atoms with Crippen LogP contribution >= 0.6 is 0 Å². The maximum atomic E-state index is 13.2. The maximum Gasteiger partial charge on any atom is 0.250 e. The Morgan fingerprint density at radius 2 is 2.17 bits per heavy atom. The summed E-state index contributed by atoms with van der Waals surface area (Å²) in [5, 5.41) is 21.0. The SMILES string of the molecule is N#Cc1c(F)cccc1NC(=O)COCC(=O)[O-]. The lowest BCUT2D eigenvalue weighted by Crippen LogP contribution is -2.29. The highest BCUT2D eigenvalue weighted by Gasteiger charge is 2.10. The van der Waals surface area contributed by atoms with Crippen molar-refractivity contribution in [2.75, 3.05) is 18.5 Å². The summed E-state index contributed by atoms with van der Waals surface area (Å²) in [5.41, 5.74) is -0.301. The molecule has 0 fully saturated rings. The first-order valence-electron chi connectivity index (χ1n) is 4.80. The molecule has 94 valence electrons. The number of ether oxygens (including phenoxy) is 1. The Balaban J connectivity index is 2.63. The van der Waals surface area contributed by atoms with Crippen LogP contribution in [0, 0.1) is 17.1 Å². The van der Waals surface area contributed by atoms with Gasteiger partial charge in [0.25, 0.3) is 0 Å². The van der Waals surface area contributed by atoms with Crippen molar-refractivity contribution in [3.63, 3.8) is 0 Å². The Labute approximate surface area is 102 Å². The van der Waals surface area contributed by atoms with Gasteiger partial charge >= 0.3 is 0 Å². The second kappa shape index (κ2) is 6.32. The summed E-state index contributed by atoms with van der Waals surface area (Å²) in [7, 11) is 0. The number of nitrogens with one attached hydrogen (secondary N) is 1. The minimum atomic E-state index is -1.45. The number of carboxylic acids is 1. The van der Waals surface area contributed by atoms with Crippen LogP contribution in [0.5, 0.6) is 0 Å². The molecule has 0 aliphatic carbocycles. The molecule has 0 heterocycles. The fourth-order valence-corrected chi connectivity index (χ4v) is 1.16. The van der Waals surface area contributed by atoms with Gasteiger partial charge in [0.2, 0.25) is 5.91 Å². The van der Waals surface area contributed by atoms with Gasteiger partial charge < -0.3 is 20.0 Å². The number of carbonyl (C=O) groups excluding carboxylic acids is 2. The molecule has 1 N–H and O–H groups in total. The van der Waals surface area contributed by atoms with Gasteiger partial charge in [-0.05, 0) is 12.1 Å². The summed E-state index contributed by atoms with van der Waals surface area (Å²) in [6.07, 6.45) is 0. The summed E-state index contributed by atoms with van der Waals surface area (Å²) in [5.74, 6) is -2.91. The van der Waals surface area contributed by atoms with Gasteiger partial charge in [-0.3, -0.25) is 4.79 Å². The number of benzene rings is 1. The molecule has 1 rings (SSSR count). The number of carbonyl (C=O) groups is 2. The molecular weight excluding hydrogens is 243 g/mol. The molecule has 1 aromatic rings. The average molecular weight is 251 g/mol. The number of nitriles is 1. The summed E-state index contributed by atoms with van der Waals surface area (Å²) >= 11 is 0. The molecule has 6 nitrogen and oxygen atoms in total. The van der Waals surface area contributed by atoms with Gasteiger partial charge in [0.15, 0.2) is 0 Å². The van der Waals surface area contributed by atoms with Gasteiger partial charge in [-0.2, -0.15) is 5.26 Å². The van der Waals surface area contributed by atoms with Crippen molar-refractivity contribution in [1.29, 1.82) is 5.26 Å². The molecule has 0 aliphatic rings. The van der Waals surface area contributed by atoms with E-state index in [-0.39, 0.29) is 11.3 Å². The molecule has 0 unspecified atom stereocenters. The molecule has 0 saturated carbocycles. The lowest BCUT2D eigenvalue weighted by atomic mass is 10.2. The minimum absolute atomic E-state index is 0.000417. The van der Waals surface area contributed by atoms with Crippen molar-refractivity contribution in [1.82, 2.24) is 0 Å². The summed E-state index contributed by atoms with van der Waals surface area (Å²) in [6, 6.07) is 5.37. The van der Waals surface area contributed by atoms with Crippen molar-refractivity contribution in [3.05, 3.63) is 29.6 Å². The van der Waals surface area contributed by atoms with E-state index < -0.39 is 30.9 Å². The van der Waals surface area contributed by atoms with E-state index in [0.717, 1.165) is 6.07 Å². The van der Waals surface area contributed by atoms with E-state index >= 15 is 0 Å². The lowest BCUT2D eigenvalue weighted by molar-refractivity contribution is -0.309. The van der Waals surface area contributed by atoms with Crippen molar-refractivity contribution in [2.24, 2.45) is 0 Å². The molecule has 0 radical (unpaired) electrons. The van der Waals surface area contributed by atoms with Crippen LogP contribution in [0.15, 0.2) is 18.2 Å². The van der Waals surface area contributed by atoms with Crippen LogP contribution in [-0.2, 0) is 14.3 Å². The van der Waals surface area contributed by atoms with Crippen LogP contribution in [-0.4, -0.2) is 25.1 Å². The molecule has 0 aliphatic heterocycles. The second-order valence-corrected chi connectivity index (χ2v) is 3.19. The minimum Gasteiger partial charge on any atom is -0.548 e. The monoisotopic (exact) mass is 251 g/mol. The number of hydrogen-bond donors (Lipinski definition) is 1. The van der Waals surface area contributed by atoms with Crippen molar-refractivity contribution in [2.45, 2.75) is 0 Å². The molecule has 18 heavy (non-hydrogen) atoms. The maximum absolute atomic E-state index is 13.2. The number of anilines is 1. The van der Waals surface area contributed by atoms with Crippen LogP contribution in [0.25, 0.3) is 0 Å². The first-order valence-corrected chi connectivity index (χ1v) is 4.80. The Morgan fingerprint density at radius 1 is 1.44 bits per heavy atom. The lowest BCUT2D eigenvalue weighted by Gasteiger charge is -2.08. The number of hydrogen-bond acceptors (Lipinski definition) is 5. The average Bonchev–Trinajstić information content (AvgIpc) is 2.28. The smallest absolute Gasteiger partial charge is 0.250 e.